The Morgan fingerprint density at radius 3 is 2.37 bits per heavy atom. The van der Waals surface area contributed by atoms with E-state index in [2.05, 4.69) is 9.97 Å². The highest BCUT2D eigenvalue weighted by Crippen LogP contribution is 2.23. The molecule has 1 amide bonds. The highest BCUT2D eigenvalue weighted by molar-refractivity contribution is 5.81. The van der Waals surface area contributed by atoms with E-state index in [4.69, 9.17) is 10.3 Å². The Morgan fingerprint density at radius 2 is 1.77 bits per heavy atom. The number of benzene rings is 1. The second-order valence-corrected chi connectivity index (χ2v) is 8.19. The van der Waals surface area contributed by atoms with Gasteiger partial charge in [-0.2, -0.15) is 4.98 Å². The number of nitrogens with one attached hydrogen (secondary N) is 1. The van der Waals surface area contributed by atoms with Gasteiger partial charge in [0, 0.05) is 39.6 Å². The summed E-state index contributed by atoms with van der Waals surface area (Å²) in [6.45, 7) is 1.67. The molecule has 0 radical (unpaired) electrons. The zero-order valence-electron chi connectivity index (χ0n) is 18.9. The first kappa shape index (κ1) is 24.0. The fraction of sp³-hybridized carbons (Fsp3) is 0.381. The molecule has 0 unspecified atom stereocenters. The van der Waals surface area contributed by atoms with Crippen molar-refractivity contribution in [1.82, 2.24) is 24.0 Å². The highest BCUT2D eigenvalue weighted by Gasteiger charge is 2.27. The number of carbonyl (C=O) groups is 2. The van der Waals surface area contributed by atoms with Gasteiger partial charge in [0.2, 0.25) is 11.9 Å². The quantitative estimate of drug-likeness (QED) is 0.375. The number of carboxylic acid groups (broad SMARTS) is 1. The topological polar surface area (TPSA) is 180 Å². The number of carboxylic acids is 1. The minimum absolute atomic E-state index is 0.0494. The number of rotatable bonds is 7. The van der Waals surface area contributed by atoms with Crippen LogP contribution in [0.5, 0.6) is 0 Å². The number of carbonyl (C=O) groups excluding carboxylic acids is 1. The van der Waals surface area contributed by atoms with E-state index in [1.807, 2.05) is 4.90 Å². The Labute approximate surface area is 197 Å². The lowest BCUT2D eigenvalue weighted by Gasteiger charge is -2.35. The van der Waals surface area contributed by atoms with Crippen molar-refractivity contribution in [1.29, 1.82) is 0 Å². The van der Waals surface area contributed by atoms with Gasteiger partial charge in [-0.25, -0.2) is 4.79 Å². The van der Waals surface area contributed by atoms with Crippen LogP contribution in [0.4, 0.5) is 11.6 Å². The van der Waals surface area contributed by atoms with Crippen molar-refractivity contribution >= 4 is 34.7 Å². The predicted molar refractivity (Wildman–Crippen MR) is 124 cm³/mol. The molecular formula is C21H24N7O7-. The first-order valence-corrected chi connectivity index (χ1v) is 10.8. The van der Waals surface area contributed by atoms with Gasteiger partial charge in [0.15, 0.2) is 11.2 Å². The number of hydrogen-bond donors (Lipinski definition) is 3. The summed E-state index contributed by atoms with van der Waals surface area (Å²) < 4.78 is 2.91. The van der Waals surface area contributed by atoms with Crippen molar-refractivity contribution in [2.24, 2.45) is 7.05 Å². The molecule has 3 heterocycles. The summed E-state index contributed by atoms with van der Waals surface area (Å²) in [5, 5.41) is 28.7. The maximum absolute atomic E-state index is 12.7. The molecule has 14 heteroatoms. The zero-order valence-corrected chi connectivity index (χ0v) is 18.9. The molecule has 0 aliphatic carbocycles. The molecule has 0 bridgehead atoms. The maximum atomic E-state index is 12.7. The van der Waals surface area contributed by atoms with E-state index >= 15 is 0 Å². The molecule has 35 heavy (non-hydrogen) atoms. The number of aromatic nitrogens is 4. The predicted octanol–water partition coefficient (Wildman–Crippen LogP) is -0.322. The molecule has 14 nitrogen and oxygen atoms in total. The number of fused-ring (bicyclic) bond motifs is 1. The molecule has 4 rings (SSSR count). The zero-order chi connectivity index (χ0) is 25.3. The number of aryl methyl sites for hydroxylation is 1. The fourth-order valence-electron chi connectivity index (χ4n) is 4.05. The minimum Gasteiger partial charge on any atom is -0.733 e. The Kier molecular flexibility index (Phi) is 6.57. The van der Waals surface area contributed by atoms with E-state index in [0.29, 0.717) is 37.7 Å². The summed E-state index contributed by atoms with van der Waals surface area (Å²) in [7, 11) is 1.50. The minimum atomic E-state index is -1.03. The number of anilines is 2. The second-order valence-electron chi connectivity index (χ2n) is 8.19. The highest BCUT2D eigenvalue weighted by atomic mass is 16.8. The monoisotopic (exact) mass is 486 g/mol. The van der Waals surface area contributed by atoms with Crippen LogP contribution >= 0.6 is 0 Å². The molecule has 186 valence electrons. The van der Waals surface area contributed by atoms with Crippen molar-refractivity contribution in [3.05, 3.63) is 55.9 Å². The molecule has 3 N–H and O–H groups in total. The molecule has 3 aromatic rings. The Bertz CT molecular complexity index is 1370. The van der Waals surface area contributed by atoms with Crippen molar-refractivity contribution in [3.8, 4) is 0 Å². The van der Waals surface area contributed by atoms with Gasteiger partial charge >= 0.3 is 11.7 Å². The first-order chi connectivity index (χ1) is 16.7. The summed E-state index contributed by atoms with van der Waals surface area (Å²) in [6.07, 6.45) is -0.305. The SMILES string of the molecule is Cn1c(=O)[nH]c(=O)c2c1nc(N1CCN(C(=O)CCC(=O)O)CC1)n2Cc1ccc(N([O-])O)cc1. The van der Waals surface area contributed by atoms with E-state index in [1.54, 1.807) is 21.6 Å². The van der Waals surface area contributed by atoms with Gasteiger partial charge in [-0.05, 0) is 17.7 Å². The van der Waals surface area contributed by atoms with Crippen LogP contribution in [0.15, 0.2) is 33.9 Å². The number of H-pyrrole nitrogens is 1. The summed E-state index contributed by atoms with van der Waals surface area (Å²) in [5.74, 6) is -0.840. The van der Waals surface area contributed by atoms with Crippen molar-refractivity contribution in [3.63, 3.8) is 0 Å². The van der Waals surface area contributed by atoms with Crippen molar-refractivity contribution in [2.45, 2.75) is 19.4 Å². The van der Waals surface area contributed by atoms with Gasteiger partial charge in [-0.1, -0.05) is 12.1 Å². The van der Waals surface area contributed by atoms with E-state index in [0.717, 1.165) is 0 Å². The van der Waals surface area contributed by atoms with Crippen molar-refractivity contribution < 1.29 is 19.9 Å². The number of nitrogens with zero attached hydrogens (tertiary/aromatic N) is 6. The van der Waals surface area contributed by atoms with Gasteiger partial charge in [-0.3, -0.25) is 33.7 Å². The number of amides is 1. The lowest BCUT2D eigenvalue weighted by molar-refractivity contribution is -0.141. The Balaban J connectivity index is 1.66. The molecule has 0 saturated carbocycles. The number of aliphatic carboxylic acids is 1. The van der Waals surface area contributed by atoms with Crippen LogP contribution in [0.2, 0.25) is 0 Å². The maximum Gasteiger partial charge on any atom is 0.329 e. The van der Waals surface area contributed by atoms with Gasteiger partial charge < -0.3 is 25.3 Å². The molecule has 1 saturated heterocycles. The van der Waals surface area contributed by atoms with Crippen LogP contribution in [0.25, 0.3) is 11.2 Å². The van der Waals surface area contributed by atoms with E-state index in [9.17, 15) is 24.4 Å². The van der Waals surface area contributed by atoms with Gasteiger partial charge in [-0.15, -0.1) is 0 Å². The normalized spacial score (nSPS) is 13.9. The molecule has 0 spiro atoms. The fourth-order valence-corrected chi connectivity index (χ4v) is 4.05. The molecule has 1 fully saturated rings. The largest absolute Gasteiger partial charge is 0.733 e. The Morgan fingerprint density at radius 1 is 1.11 bits per heavy atom. The third-order valence-corrected chi connectivity index (χ3v) is 5.95. The van der Waals surface area contributed by atoms with Crippen LogP contribution < -0.4 is 21.4 Å². The standard InChI is InChI=1S/C21H24N7O7/c1-24-18-17(19(32)23-21(24)33)27(12-13-2-4-14(5-3-13)28(34)35)20(22-18)26-10-8-25(9-11-26)15(29)6-7-16(30)31/h2-5,34H,6-12H2,1H3,(H,30,31)(H,23,32,33)/q-1. The molecule has 1 aromatic carbocycles. The molecule has 1 aliphatic heterocycles. The molecule has 0 atom stereocenters. The van der Waals surface area contributed by atoms with Crippen LogP contribution in [0.3, 0.4) is 0 Å². The average molecular weight is 486 g/mol. The average Bonchev–Trinajstić information content (AvgIpc) is 3.21. The lowest BCUT2D eigenvalue weighted by Crippen LogP contribution is -2.49. The Hall–Kier alpha value is -4.17. The third-order valence-electron chi connectivity index (χ3n) is 5.95. The third kappa shape index (κ3) is 4.88. The van der Waals surface area contributed by atoms with Crippen LogP contribution in [0.1, 0.15) is 18.4 Å². The summed E-state index contributed by atoms with van der Waals surface area (Å²) >= 11 is 0. The van der Waals surface area contributed by atoms with E-state index in [1.165, 1.54) is 23.7 Å². The summed E-state index contributed by atoms with van der Waals surface area (Å²) in [4.78, 5) is 58.3. The number of aromatic amines is 1. The smallest absolute Gasteiger partial charge is 0.329 e. The first-order valence-electron chi connectivity index (χ1n) is 10.8. The van der Waals surface area contributed by atoms with E-state index < -0.39 is 17.2 Å². The number of imidazole rings is 1. The van der Waals surface area contributed by atoms with Crippen LogP contribution in [-0.2, 0) is 23.2 Å². The second kappa shape index (κ2) is 9.60. The van der Waals surface area contributed by atoms with Gasteiger partial charge in [0.1, 0.15) is 0 Å². The summed E-state index contributed by atoms with van der Waals surface area (Å²) in [5.41, 5.74) is -0.0390. The number of hydrogen-bond acceptors (Lipinski definition) is 9. The summed E-state index contributed by atoms with van der Waals surface area (Å²) in [6, 6.07) is 6.12. The molecular weight excluding hydrogens is 462 g/mol. The van der Waals surface area contributed by atoms with Gasteiger partial charge in [0.25, 0.3) is 5.56 Å². The lowest BCUT2D eigenvalue weighted by atomic mass is 10.2. The van der Waals surface area contributed by atoms with Gasteiger partial charge in [0.05, 0.1) is 18.7 Å². The van der Waals surface area contributed by atoms with Crippen LogP contribution in [0, 0.1) is 5.21 Å². The molecule has 2 aromatic heterocycles. The molecule has 1 aliphatic rings. The number of piperazine rings is 1. The van der Waals surface area contributed by atoms with Crippen molar-refractivity contribution in [2.75, 3.05) is 36.3 Å². The van der Waals surface area contributed by atoms with E-state index in [-0.39, 0.29) is 47.4 Å². The van der Waals surface area contributed by atoms with Crippen LogP contribution in [-0.4, -0.2) is 72.4 Å².